The van der Waals surface area contributed by atoms with Gasteiger partial charge in [0.05, 0.1) is 17.9 Å². The number of thiazole rings is 1. The van der Waals surface area contributed by atoms with Crippen molar-refractivity contribution in [2.24, 2.45) is 4.99 Å². The van der Waals surface area contributed by atoms with Crippen LogP contribution in [0.3, 0.4) is 0 Å². The fourth-order valence-electron chi connectivity index (χ4n) is 3.96. The van der Waals surface area contributed by atoms with E-state index in [1.54, 1.807) is 11.5 Å². The fourth-order valence-corrected chi connectivity index (χ4v) is 5.00. The highest BCUT2D eigenvalue weighted by Crippen LogP contribution is 2.28. The van der Waals surface area contributed by atoms with Crippen LogP contribution < -0.4 is 9.54 Å². The molecule has 0 radical (unpaired) electrons. The van der Waals surface area contributed by atoms with Gasteiger partial charge in [-0.25, -0.2) is 0 Å². The Morgan fingerprint density at radius 3 is 2.65 bits per heavy atom. The quantitative estimate of drug-likeness (QED) is 0.539. The number of nitrogens with zero attached hydrogens (tertiary/aromatic N) is 2. The van der Waals surface area contributed by atoms with Gasteiger partial charge < -0.3 is 14.0 Å². The second kappa shape index (κ2) is 9.47. The highest BCUT2D eigenvalue weighted by atomic mass is 32.1. The smallest absolute Gasteiger partial charge is 0.326 e. The van der Waals surface area contributed by atoms with Crippen LogP contribution in [0.1, 0.15) is 48.2 Å². The third-order valence-electron chi connectivity index (χ3n) is 5.35. The van der Waals surface area contributed by atoms with Gasteiger partial charge in [-0.15, -0.1) is 0 Å². The molecule has 3 aromatic rings. The average molecular weight is 439 g/mol. The molecule has 1 aliphatic rings. The summed E-state index contributed by atoms with van der Waals surface area (Å²) < 4.78 is 13.5. The maximum absolute atomic E-state index is 13.0. The van der Waals surface area contributed by atoms with Crippen LogP contribution in [-0.4, -0.2) is 29.7 Å². The minimum Gasteiger partial charge on any atom is -0.492 e. The number of amides is 1. The van der Waals surface area contributed by atoms with Crippen molar-refractivity contribution in [1.29, 1.82) is 0 Å². The number of fused-ring (bicyclic) bond motifs is 2. The molecule has 162 valence electrons. The summed E-state index contributed by atoms with van der Waals surface area (Å²) in [6.45, 7) is 4.43. The second-order valence-electron chi connectivity index (χ2n) is 7.42. The summed E-state index contributed by atoms with van der Waals surface area (Å²) >= 11 is 1.36. The van der Waals surface area contributed by atoms with Gasteiger partial charge in [-0.2, -0.15) is 4.99 Å². The SMILES string of the molecule is CCOC(=O)Cn1c(=NC(=O)c2ccc3c(c2)CCCC3)sc2cccc(OCC)c21. The summed E-state index contributed by atoms with van der Waals surface area (Å²) in [5, 5.41) is 0. The minimum absolute atomic E-state index is 0.0335. The van der Waals surface area contributed by atoms with Crippen molar-refractivity contribution in [1.82, 2.24) is 4.57 Å². The van der Waals surface area contributed by atoms with Gasteiger partial charge >= 0.3 is 5.97 Å². The number of esters is 1. The number of ether oxygens (including phenoxy) is 2. The van der Waals surface area contributed by atoms with E-state index in [-0.39, 0.29) is 18.4 Å². The summed E-state index contributed by atoms with van der Waals surface area (Å²) in [6, 6.07) is 11.6. The van der Waals surface area contributed by atoms with Crippen molar-refractivity contribution >= 4 is 33.4 Å². The molecular weight excluding hydrogens is 412 g/mol. The zero-order valence-electron chi connectivity index (χ0n) is 17.8. The molecule has 0 aliphatic heterocycles. The van der Waals surface area contributed by atoms with Crippen molar-refractivity contribution < 1.29 is 19.1 Å². The Labute approximate surface area is 185 Å². The lowest BCUT2D eigenvalue weighted by Crippen LogP contribution is -2.23. The van der Waals surface area contributed by atoms with Crippen LogP contribution in [0.5, 0.6) is 5.75 Å². The molecule has 31 heavy (non-hydrogen) atoms. The first-order chi connectivity index (χ1) is 15.1. The van der Waals surface area contributed by atoms with Gasteiger partial charge in [0.2, 0.25) is 0 Å². The molecule has 1 aliphatic carbocycles. The molecule has 2 aromatic carbocycles. The van der Waals surface area contributed by atoms with E-state index in [1.165, 1.54) is 28.9 Å². The Morgan fingerprint density at radius 2 is 1.87 bits per heavy atom. The number of rotatable bonds is 6. The minimum atomic E-state index is -0.379. The molecule has 0 atom stereocenters. The van der Waals surface area contributed by atoms with E-state index >= 15 is 0 Å². The third-order valence-corrected chi connectivity index (χ3v) is 6.39. The van der Waals surface area contributed by atoms with Crippen molar-refractivity contribution in [3.63, 3.8) is 0 Å². The van der Waals surface area contributed by atoms with E-state index in [9.17, 15) is 9.59 Å². The number of hydrogen-bond donors (Lipinski definition) is 0. The van der Waals surface area contributed by atoms with E-state index < -0.39 is 0 Å². The monoisotopic (exact) mass is 438 g/mol. The maximum Gasteiger partial charge on any atom is 0.326 e. The average Bonchev–Trinajstić information content (AvgIpc) is 3.11. The van der Waals surface area contributed by atoms with Crippen molar-refractivity contribution in [2.45, 2.75) is 46.1 Å². The Morgan fingerprint density at radius 1 is 1.06 bits per heavy atom. The number of aryl methyl sites for hydroxylation is 2. The first-order valence-electron chi connectivity index (χ1n) is 10.7. The summed E-state index contributed by atoms with van der Waals surface area (Å²) in [7, 11) is 0. The van der Waals surface area contributed by atoms with Crippen LogP contribution in [-0.2, 0) is 28.9 Å². The number of carbonyl (C=O) groups is 2. The molecule has 7 heteroatoms. The maximum atomic E-state index is 13.0. The molecule has 0 N–H and O–H groups in total. The molecule has 0 fully saturated rings. The first kappa shape index (κ1) is 21.3. The van der Waals surface area contributed by atoms with Crippen LogP contribution in [0.25, 0.3) is 10.2 Å². The van der Waals surface area contributed by atoms with Crippen LogP contribution in [0.15, 0.2) is 41.4 Å². The van der Waals surface area contributed by atoms with Gasteiger partial charge in [0, 0.05) is 5.56 Å². The molecule has 0 unspecified atom stereocenters. The number of hydrogen-bond acceptors (Lipinski definition) is 5. The van der Waals surface area contributed by atoms with Gasteiger partial charge in [0.25, 0.3) is 5.91 Å². The Balaban J connectivity index is 1.80. The molecule has 4 rings (SSSR count). The highest BCUT2D eigenvalue weighted by molar-refractivity contribution is 7.16. The number of aromatic nitrogens is 1. The number of para-hydroxylation sites is 1. The third kappa shape index (κ3) is 4.56. The zero-order chi connectivity index (χ0) is 21.8. The zero-order valence-corrected chi connectivity index (χ0v) is 18.7. The van der Waals surface area contributed by atoms with E-state index in [0.29, 0.717) is 29.3 Å². The van der Waals surface area contributed by atoms with Crippen LogP contribution in [0, 0.1) is 0 Å². The van der Waals surface area contributed by atoms with Gasteiger partial charge in [0.15, 0.2) is 4.80 Å². The van der Waals surface area contributed by atoms with E-state index in [1.807, 2.05) is 43.3 Å². The standard InChI is InChI=1S/C24H26N2O4S/c1-3-29-19-10-7-11-20-22(19)26(15-21(27)30-4-2)24(31-20)25-23(28)18-13-12-16-8-5-6-9-17(16)14-18/h7,10-14H,3-6,8-9,15H2,1-2H3. The topological polar surface area (TPSA) is 69.9 Å². The lowest BCUT2D eigenvalue weighted by Gasteiger charge is -2.15. The van der Waals surface area contributed by atoms with Crippen LogP contribution in [0.2, 0.25) is 0 Å². The molecule has 0 bridgehead atoms. The van der Waals surface area contributed by atoms with Gasteiger partial charge in [-0.05, 0) is 74.9 Å². The Bertz CT molecular complexity index is 1190. The van der Waals surface area contributed by atoms with E-state index in [2.05, 4.69) is 4.99 Å². The largest absolute Gasteiger partial charge is 0.492 e. The van der Waals surface area contributed by atoms with Gasteiger partial charge in [0.1, 0.15) is 17.8 Å². The van der Waals surface area contributed by atoms with Gasteiger partial charge in [-0.3, -0.25) is 9.59 Å². The summed E-state index contributed by atoms with van der Waals surface area (Å²) in [5.41, 5.74) is 3.88. The van der Waals surface area contributed by atoms with Crippen LogP contribution >= 0.6 is 11.3 Å². The summed E-state index contributed by atoms with van der Waals surface area (Å²) in [4.78, 5) is 30.2. The second-order valence-corrected chi connectivity index (χ2v) is 8.43. The summed E-state index contributed by atoms with van der Waals surface area (Å²) in [5.74, 6) is -0.0325. The molecule has 0 saturated carbocycles. The molecule has 1 heterocycles. The van der Waals surface area contributed by atoms with E-state index in [0.717, 1.165) is 29.5 Å². The molecular formula is C24H26N2O4S. The van der Waals surface area contributed by atoms with Gasteiger partial charge in [-0.1, -0.05) is 23.5 Å². The Kier molecular flexibility index (Phi) is 6.51. The number of benzene rings is 2. The lowest BCUT2D eigenvalue weighted by molar-refractivity contribution is -0.143. The molecule has 1 amide bonds. The van der Waals surface area contributed by atoms with E-state index in [4.69, 9.17) is 9.47 Å². The van der Waals surface area contributed by atoms with Crippen LogP contribution in [0.4, 0.5) is 0 Å². The van der Waals surface area contributed by atoms with Crippen molar-refractivity contribution in [3.8, 4) is 5.75 Å². The molecule has 0 saturated heterocycles. The Hall–Kier alpha value is -2.93. The molecule has 1 aromatic heterocycles. The van der Waals surface area contributed by atoms with Crippen molar-refractivity contribution in [2.75, 3.05) is 13.2 Å². The lowest BCUT2D eigenvalue weighted by atomic mass is 9.90. The van der Waals surface area contributed by atoms with Crippen molar-refractivity contribution in [3.05, 3.63) is 57.9 Å². The predicted molar refractivity (Wildman–Crippen MR) is 121 cm³/mol. The first-order valence-corrected chi connectivity index (χ1v) is 11.5. The molecule has 0 spiro atoms. The molecule has 6 nitrogen and oxygen atoms in total. The summed E-state index contributed by atoms with van der Waals surface area (Å²) in [6.07, 6.45) is 4.41. The fraction of sp³-hybridized carbons (Fsp3) is 0.375. The normalized spacial score (nSPS) is 13.8. The highest BCUT2D eigenvalue weighted by Gasteiger charge is 2.17. The number of carbonyl (C=O) groups excluding carboxylic acids is 2. The predicted octanol–water partition coefficient (Wildman–Crippen LogP) is 4.28.